The molecule has 0 atom stereocenters. The lowest BCUT2D eigenvalue weighted by atomic mass is 10.1. The number of imidazole rings is 1. The van der Waals surface area contributed by atoms with Crippen LogP contribution in [-0.2, 0) is 6.54 Å². The molecule has 1 aromatic heterocycles. The fourth-order valence-corrected chi connectivity index (χ4v) is 2.21. The van der Waals surface area contributed by atoms with Gasteiger partial charge in [0.05, 0.1) is 30.8 Å². The molecule has 0 aliphatic carbocycles. The summed E-state index contributed by atoms with van der Waals surface area (Å²) in [5.74, 6) is 0.0608. The lowest BCUT2D eigenvalue weighted by Gasteiger charge is -2.31. The van der Waals surface area contributed by atoms with Crippen molar-refractivity contribution in [2.75, 3.05) is 18.1 Å². The highest BCUT2D eigenvalue weighted by Gasteiger charge is 2.22. The smallest absolute Gasteiger partial charge is 0.178 e. The maximum Gasteiger partial charge on any atom is 0.178 e. The summed E-state index contributed by atoms with van der Waals surface area (Å²) in [5, 5.41) is 0. The molecule has 0 amide bonds. The highest BCUT2D eigenvalue weighted by atomic mass is 19.1. The van der Waals surface area contributed by atoms with Crippen LogP contribution in [0.2, 0.25) is 0 Å². The summed E-state index contributed by atoms with van der Waals surface area (Å²) < 4.78 is 19.2. The summed E-state index contributed by atoms with van der Waals surface area (Å²) in [6.07, 6.45) is 3.43. The standard InChI is InChI=1S/C13H14FN3O/c1-9-4-11(14)13-12(5-9)17(2-3-18-13)7-10-6-15-8-16-10/h4-6,8H,2-3,7H2,1H3,(H,15,16). The van der Waals surface area contributed by atoms with E-state index in [-0.39, 0.29) is 5.82 Å². The number of rotatable bonds is 2. The summed E-state index contributed by atoms with van der Waals surface area (Å²) >= 11 is 0. The van der Waals surface area contributed by atoms with Crippen LogP contribution in [0.15, 0.2) is 24.7 Å². The highest BCUT2D eigenvalue weighted by molar-refractivity contribution is 5.62. The van der Waals surface area contributed by atoms with Crippen LogP contribution in [0.4, 0.5) is 10.1 Å². The third-order valence-corrected chi connectivity index (χ3v) is 3.03. The summed E-state index contributed by atoms with van der Waals surface area (Å²) in [7, 11) is 0. The third kappa shape index (κ3) is 1.92. The fourth-order valence-electron chi connectivity index (χ4n) is 2.21. The average molecular weight is 247 g/mol. The molecule has 1 N–H and O–H groups in total. The van der Waals surface area contributed by atoms with E-state index in [2.05, 4.69) is 14.9 Å². The zero-order valence-corrected chi connectivity index (χ0v) is 10.1. The molecule has 1 aliphatic rings. The predicted molar refractivity (Wildman–Crippen MR) is 66.3 cm³/mol. The van der Waals surface area contributed by atoms with Crippen LogP contribution >= 0.6 is 0 Å². The third-order valence-electron chi connectivity index (χ3n) is 3.03. The van der Waals surface area contributed by atoms with Crippen molar-refractivity contribution >= 4 is 5.69 Å². The van der Waals surface area contributed by atoms with Crippen LogP contribution in [0.25, 0.3) is 0 Å². The number of aryl methyl sites for hydroxylation is 1. The fraction of sp³-hybridized carbons (Fsp3) is 0.308. The summed E-state index contributed by atoms with van der Waals surface area (Å²) in [4.78, 5) is 9.15. The number of hydrogen-bond donors (Lipinski definition) is 1. The molecule has 0 saturated heterocycles. The van der Waals surface area contributed by atoms with Gasteiger partial charge in [0, 0.05) is 6.20 Å². The van der Waals surface area contributed by atoms with E-state index in [1.54, 1.807) is 12.5 Å². The number of halogens is 1. The van der Waals surface area contributed by atoms with Crippen LogP contribution in [0, 0.1) is 12.7 Å². The minimum absolute atomic E-state index is 0.292. The molecule has 94 valence electrons. The van der Waals surface area contributed by atoms with Crippen LogP contribution in [0.3, 0.4) is 0 Å². The van der Waals surface area contributed by atoms with Crippen molar-refractivity contribution in [2.45, 2.75) is 13.5 Å². The van der Waals surface area contributed by atoms with Crippen molar-refractivity contribution in [3.63, 3.8) is 0 Å². The Morgan fingerprint density at radius 1 is 1.50 bits per heavy atom. The van der Waals surface area contributed by atoms with Gasteiger partial charge in [0.2, 0.25) is 0 Å². The van der Waals surface area contributed by atoms with E-state index < -0.39 is 0 Å². The molecular formula is C13H14FN3O. The topological polar surface area (TPSA) is 41.2 Å². The van der Waals surface area contributed by atoms with E-state index in [1.165, 1.54) is 6.07 Å². The molecule has 18 heavy (non-hydrogen) atoms. The van der Waals surface area contributed by atoms with Gasteiger partial charge in [-0.05, 0) is 24.6 Å². The molecule has 0 unspecified atom stereocenters. The molecule has 0 radical (unpaired) electrons. The molecule has 0 bridgehead atoms. The Bertz CT molecular complexity index is 554. The van der Waals surface area contributed by atoms with Crippen LogP contribution < -0.4 is 9.64 Å². The van der Waals surface area contributed by atoms with Crippen LogP contribution in [0.5, 0.6) is 5.75 Å². The zero-order valence-electron chi connectivity index (χ0n) is 10.1. The van der Waals surface area contributed by atoms with Crippen LogP contribution in [0.1, 0.15) is 11.3 Å². The van der Waals surface area contributed by atoms with Crippen molar-refractivity contribution in [2.24, 2.45) is 0 Å². The van der Waals surface area contributed by atoms with Gasteiger partial charge in [0.15, 0.2) is 11.6 Å². The molecule has 0 spiro atoms. The molecule has 3 rings (SSSR count). The number of hydrogen-bond acceptors (Lipinski definition) is 3. The first kappa shape index (κ1) is 11.1. The second-order valence-electron chi connectivity index (χ2n) is 4.44. The molecule has 5 heteroatoms. The van der Waals surface area contributed by atoms with E-state index in [1.807, 2.05) is 13.0 Å². The maximum atomic E-state index is 13.8. The number of aromatic amines is 1. The van der Waals surface area contributed by atoms with Gasteiger partial charge in [-0.3, -0.25) is 0 Å². The number of H-pyrrole nitrogens is 1. The molecule has 2 aromatic rings. The lowest BCUT2D eigenvalue weighted by Crippen LogP contribution is -2.32. The van der Waals surface area contributed by atoms with Gasteiger partial charge in [0.1, 0.15) is 6.61 Å². The molecular weight excluding hydrogens is 233 g/mol. The number of benzene rings is 1. The van der Waals surface area contributed by atoms with E-state index in [0.29, 0.717) is 18.9 Å². The summed E-state index contributed by atoms with van der Waals surface area (Å²) in [5.41, 5.74) is 2.71. The Labute approximate surface area is 104 Å². The second kappa shape index (κ2) is 4.33. The second-order valence-corrected chi connectivity index (χ2v) is 4.44. The highest BCUT2D eigenvalue weighted by Crippen LogP contribution is 2.35. The SMILES string of the molecule is Cc1cc(F)c2c(c1)N(Cc1cnc[nH]1)CCO2. The minimum atomic E-state index is -0.292. The number of nitrogens with zero attached hydrogens (tertiary/aromatic N) is 2. The average Bonchev–Trinajstić information content (AvgIpc) is 2.83. The molecule has 2 heterocycles. The van der Waals surface area contributed by atoms with Crippen molar-refractivity contribution in [3.8, 4) is 5.75 Å². The van der Waals surface area contributed by atoms with E-state index in [0.717, 1.165) is 23.5 Å². The normalized spacial score (nSPS) is 14.2. The molecule has 1 aliphatic heterocycles. The summed E-state index contributed by atoms with van der Waals surface area (Å²) in [6, 6.07) is 3.45. The number of ether oxygens (including phenoxy) is 1. The Kier molecular flexibility index (Phi) is 2.66. The Morgan fingerprint density at radius 3 is 3.17 bits per heavy atom. The van der Waals surface area contributed by atoms with Gasteiger partial charge in [0.25, 0.3) is 0 Å². The minimum Gasteiger partial charge on any atom is -0.486 e. The summed E-state index contributed by atoms with van der Waals surface area (Å²) in [6.45, 7) is 3.81. The van der Waals surface area contributed by atoms with Gasteiger partial charge in [-0.15, -0.1) is 0 Å². The lowest BCUT2D eigenvalue weighted by molar-refractivity contribution is 0.290. The van der Waals surface area contributed by atoms with Gasteiger partial charge >= 0.3 is 0 Å². The van der Waals surface area contributed by atoms with Gasteiger partial charge in [-0.2, -0.15) is 0 Å². The maximum absolute atomic E-state index is 13.8. The Balaban J connectivity index is 1.96. The van der Waals surface area contributed by atoms with Gasteiger partial charge in [-0.25, -0.2) is 9.37 Å². The van der Waals surface area contributed by atoms with E-state index in [4.69, 9.17) is 4.74 Å². The van der Waals surface area contributed by atoms with Crippen molar-refractivity contribution in [3.05, 3.63) is 41.7 Å². The first-order valence-electron chi connectivity index (χ1n) is 5.89. The van der Waals surface area contributed by atoms with Gasteiger partial charge in [-0.1, -0.05) is 0 Å². The van der Waals surface area contributed by atoms with Gasteiger partial charge < -0.3 is 14.6 Å². The van der Waals surface area contributed by atoms with Crippen molar-refractivity contribution < 1.29 is 9.13 Å². The number of nitrogens with one attached hydrogen (secondary N) is 1. The first-order valence-corrected chi connectivity index (χ1v) is 5.89. The van der Waals surface area contributed by atoms with E-state index >= 15 is 0 Å². The Morgan fingerprint density at radius 2 is 2.39 bits per heavy atom. The number of fused-ring (bicyclic) bond motifs is 1. The first-order chi connectivity index (χ1) is 8.74. The van der Waals surface area contributed by atoms with Crippen molar-refractivity contribution in [1.29, 1.82) is 0 Å². The molecule has 0 fully saturated rings. The molecule has 0 saturated carbocycles. The monoisotopic (exact) mass is 247 g/mol. The van der Waals surface area contributed by atoms with Crippen LogP contribution in [-0.4, -0.2) is 23.1 Å². The number of anilines is 1. The number of aromatic nitrogens is 2. The molecule has 4 nitrogen and oxygen atoms in total. The predicted octanol–water partition coefficient (Wildman–Crippen LogP) is 2.26. The molecule has 1 aromatic carbocycles. The quantitative estimate of drug-likeness (QED) is 0.885. The largest absolute Gasteiger partial charge is 0.486 e. The van der Waals surface area contributed by atoms with Crippen molar-refractivity contribution in [1.82, 2.24) is 9.97 Å². The zero-order chi connectivity index (χ0) is 12.5. The van der Waals surface area contributed by atoms with E-state index in [9.17, 15) is 4.39 Å². The Hall–Kier alpha value is -2.04.